The molecule has 5 heterocycles. The lowest BCUT2D eigenvalue weighted by atomic mass is 9.49. The van der Waals surface area contributed by atoms with Crippen LogP contribution in [0.3, 0.4) is 0 Å². The van der Waals surface area contributed by atoms with Crippen LogP contribution in [-0.2, 0) is 11.8 Å². The Balaban J connectivity index is 0.890. The molecular formula is C46H48ClN11O3. The van der Waals surface area contributed by atoms with Crippen LogP contribution in [0.2, 0.25) is 5.02 Å². The van der Waals surface area contributed by atoms with Crippen LogP contribution in [0, 0.1) is 22.2 Å². The van der Waals surface area contributed by atoms with Crippen LogP contribution in [0.5, 0.6) is 5.75 Å². The Morgan fingerprint density at radius 3 is 2.44 bits per heavy atom. The summed E-state index contributed by atoms with van der Waals surface area (Å²) in [6, 6.07) is 19.6. The average molecular weight is 838 g/mol. The van der Waals surface area contributed by atoms with E-state index in [1.807, 2.05) is 38.5 Å². The van der Waals surface area contributed by atoms with E-state index in [4.69, 9.17) is 21.4 Å². The first-order valence-corrected chi connectivity index (χ1v) is 21.0. The van der Waals surface area contributed by atoms with Gasteiger partial charge in [-0.2, -0.15) is 15.5 Å². The number of anilines is 3. The zero-order valence-electron chi connectivity index (χ0n) is 35.0. The van der Waals surface area contributed by atoms with E-state index in [1.54, 1.807) is 35.3 Å². The second-order valence-electron chi connectivity index (χ2n) is 17.7. The Kier molecular flexibility index (Phi) is 9.97. The molecule has 312 valence electrons. The zero-order valence-corrected chi connectivity index (χ0v) is 35.8. The highest BCUT2D eigenvalue weighted by Crippen LogP contribution is 2.55. The highest BCUT2D eigenvalue weighted by molar-refractivity contribution is 6.31. The van der Waals surface area contributed by atoms with E-state index in [0.717, 1.165) is 70.6 Å². The van der Waals surface area contributed by atoms with E-state index in [0.29, 0.717) is 34.3 Å². The van der Waals surface area contributed by atoms with Crippen molar-refractivity contribution in [1.29, 1.82) is 5.26 Å². The minimum Gasteiger partial charge on any atom is -0.489 e. The van der Waals surface area contributed by atoms with Crippen molar-refractivity contribution in [3.05, 3.63) is 95.5 Å². The molecule has 0 radical (unpaired) electrons. The molecule has 1 atom stereocenters. The number of aromatic nitrogens is 6. The number of amides is 2. The smallest absolute Gasteiger partial charge is 0.254 e. The summed E-state index contributed by atoms with van der Waals surface area (Å²) in [7, 11) is 1.91. The van der Waals surface area contributed by atoms with Crippen LogP contribution in [0.4, 0.5) is 17.3 Å². The van der Waals surface area contributed by atoms with Crippen molar-refractivity contribution in [3.63, 3.8) is 0 Å². The summed E-state index contributed by atoms with van der Waals surface area (Å²) in [6.07, 6.45) is 8.88. The number of para-hydroxylation sites is 1. The standard InChI is InChI=1S/C46H48ClN11O3/c1-26-18-38(59)53-36-9-7-8-33(40(36)52-26)27-11-13-37-34(19-27)39(30-24-51-56(6)25-30)55-58(37)31-14-16-57(17-15-31)44-49-22-29(23-50-44)41(60)54-42-45(2,3)43(46(42,4)5)61-32-12-10-28(21-48)35(47)20-32/h7-13,19-20,22-26,31,42-43,52H,14-18H2,1-6H3,(H,53,59)(H,54,60)/t26-,42?,43?/m1/s1. The molecule has 14 nitrogen and oxygen atoms in total. The molecule has 2 aliphatic heterocycles. The fraction of sp³-hybridized carbons (Fsp3) is 0.370. The van der Waals surface area contributed by atoms with Gasteiger partial charge in [0.25, 0.3) is 5.91 Å². The van der Waals surface area contributed by atoms with Crippen molar-refractivity contribution < 1.29 is 14.3 Å². The molecule has 0 spiro atoms. The Labute approximate surface area is 359 Å². The fourth-order valence-electron chi connectivity index (χ4n) is 9.90. The predicted molar refractivity (Wildman–Crippen MR) is 236 cm³/mol. The molecule has 1 saturated carbocycles. The zero-order chi connectivity index (χ0) is 42.8. The molecule has 1 aliphatic carbocycles. The van der Waals surface area contributed by atoms with Gasteiger partial charge in [0.15, 0.2) is 0 Å². The van der Waals surface area contributed by atoms with Gasteiger partial charge in [-0.25, -0.2) is 9.97 Å². The molecule has 61 heavy (non-hydrogen) atoms. The number of nitrogens with zero attached hydrogens (tertiary/aromatic N) is 8. The SMILES string of the molecule is C[C@@H]1CC(=O)Nc2cccc(-c3ccc4c(c3)c(-c3cnn(C)c3)nn4C3CCN(c4ncc(C(=O)NC5C(C)(C)C(Oc6ccc(C#N)c(Cl)c6)C5(C)C)cn4)CC3)c2N1. The summed E-state index contributed by atoms with van der Waals surface area (Å²) in [6.45, 7) is 11.8. The third kappa shape index (κ3) is 7.20. The Bertz CT molecular complexity index is 2710. The lowest BCUT2D eigenvalue weighted by Gasteiger charge is -2.63. The molecule has 3 aromatic heterocycles. The summed E-state index contributed by atoms with van der Waals surface area (Å²) in [5.41, 5.74) is 6.56. The maximum atomic E-state index is 13.6. The number of piperidine rings is 1. The minimum atomic E-state index is -0.400. The number of nitrogens with one attached hydrogen (secondary N) is 3. The average Bonchev–Trinajstić information content (AvgIpc) is 3.81. The first-order chi connectivity index (χ1) is 29.2. The van der Waals surface area contributed by atoms with Gasteiger partial charge >= 0.3 is 0 Å². The minimum absolute atomic E-state index is 0.00294. The molecule has 15 heteroatoms. The number of rotatable bonds is 8. The van der Waals surface area contributed by atoms with Crippen molar-refractivity contribution in [2.75, 3.05) is 28.6 Å². The summed E-state index contributed by atoms with van der Waals surface area (Å²) in [5.74, 6) is 0.922. The first kappa shape index (κ1) is 40.0. The van der Waals surface area contributed by atoms with E-state index in [2.05, 4.69) is 98.6 Å². The van der Waals surface area contributed by atoms with Gasteiger partial charge in [-0.05, 0) is 55.7 Å². The van der Waals surface area contributed by atoms with Gasteiger partial charge in [0.05, 0.1) is 45.3 Å². The summed E-state index contributed by atoms with van der Waals surface area (Å²) >= 11 is 6.27. The van der Waals surface area contributed by atoms with Crippen molar-refractivity contribution in [2.24, 2.45) is 17.9 Å². The van der Waals surface area contributed by atoms with Crippen molar-refractivity contribution in [3.8, 4) is 34.2 Å². The molecule has 3 aromatic carbocycles. The predicted octanol–water partition coefficient (Wildman–Crippen LogP) is 8.01. The Hall–Kier alpha value is -6.46. The summed E-state index contributed by atoms with van der Waals surface area (Å²) in [5, 5.41) is 30.2. The normalized spacial score (nSPS) is 20.7. The Morgan fingerprint density at radius 2 is 1.75 bits per heavy atom. The molecule has 2 amide bonds. The summed E-state index contributed by atoms with van der Waals surface area (Å²) in [4.78, 5) is 37.6. The molecule has 2 fully saturated rings. The number of carbonyl (C=O) groups is 2. The molecule has 3 aliphatic rings. The largest absolute Gasteiger partial charge is 0.489 e. The van der Waals surface area contributed by atoms with E-state index in [-0.39, 0.29) is 36.0 Å². The third-order valence-electron chi connectivity index (χ3n) is 12.6. The quantitative estimate of drug-likeness (QED) is 0.137. The number of hydrogen-bond donors (Lipinski definition) is 3. The number of aryl methyl sites for hydroxylation is 1. The molecule has 6 aromatic rings. The number of fused-ring (bicyclic) bond motifs is 2. The van der Waals surface area contributed by atoms with Crippen LogP contribution in [-0.4, -0.2) is 72.6 Å². The molecule has 1 saturated heterocycles. The molecular weight excluding hydrogens is 790 g/mol. The van der Waals surface area contributed by atoms with Crippen LogP contribution in [0.25, 0.3) is 33.3 Å². The van der Waals surface area contributed by atoms with Gasteiger partial charge < -0.3 is 25.6 Å². The number of carbonyl (C=O) groups excluding carboxylic acids is 2. The molecule has 0 bridgehead atoms. The highest BCUT2D eigenvalue weighted by Gasteiger charge is 2.64. The maximum Gasteiger partial charge on any atom is 0.254 e. The van der Waals surface area contributed by atoms with Crippen LogP contribution in [0.15, 0.2) is 79.4 Å². The highest BCUT2D eigenvalue weighted by atomic mass is 35.5. The third-order valence-corrected chi connectivity index (χ3v) is 13.0. The maximum absolute atomic E-state index is 13.6. The molecule has 9 rings (SSSR count). The number of ether oxygens (including phenoxy) is 1. The number of hydrogen-bond acceptors (Lipinski definition) is 10. The fourth-order valence-corrected chi connectivity index (χ4v) is 10.1. The molecule has 3 N–H and O–H groups in total. The van der Waals surface area contributed by atoms with Crippen molar-refractivity contribution in [2.45, 2.75) is 78.1 Å². The van der Waals surface area contributed by atoms with Crippen LogP contribution >= 0.6 is 11.6 Å². The van der Waals surface area contributed by atoms with Gasteiger partial charge in [-0.15, -0.1) is 0 Å². The monoisotopic (exact) mass is 837 g/mol. The number of nitriles is 1. The Morgan fingerprint density at radius 1 is 1.00 bits per heavy atom. The topological polar surface area (TPSA) is 168 Å². The van der Waals surface area contributed by atoms with E-state index < -0.39 is 10.8 Å². The van der Waals surface area contributed by atoms with Gasteiger partial charge in [0, 0.05) is 90.6 Å². The first-order valence-electron chi connectivity index (χ1n) is 20.7. The van der Waals surface area contributed by atoms with Gasteiger partial charge in [-0.3, -0.25) is 19.0 Å². The van der Waals surface area contributed by atoms with Crippen molar-refractivity contribution >= 4 is 51.6 Å². The van der Waals surface area contributed by atoms with E-state index in [9.17, 15) is 14.9 Å². The second kappa shape index (κ2) is 15.2. The lowest BCUT2D eigenvalue weighted by Crippen LogP contribution is -2.74. The van der Waals surface area contributed by atoms with Crippen LogP contribution < -0.4 is 25.6 Å². The van der Waals surface area contributed by atoms with Crippen LogP contribution in [0.1, 0.15) is 75.8 Å². The second-order valence-corrected chi connectivity index (χ2v) is 18.2. The van der Waals surface area contributed by atoms with E-state index >= 15 is 0 Å². The van der Waals surface area contributed by atoms with Crippen molar-refractivity contribution in [1.82, 2.24) is 34.8 Å². The van der Waals surface area contributed by atoms with Gasteiger partial charge in [0.2, 0.25) is 11.9 Å². The number of halogens is 1. The molecule has 0 unspecified atom stereocenters. The van der Waals surface area contributed by atoms with E-state index in [1.165, 1.54) is 0 Å². The van der Waals surface area contributed by atoms with Gasteiger partial charge in [0.1, 0.15) is 23.6 Å². The summed E-state index contributed by atoms with van der Waals surface area (Å²) < 4.78 is 10.3. The van der Waals surface area contributed by atoms with Gasteiger partial charge in [-0.1, -0.05) is 57.5 Å². The number of benzene rings is 3. The lowest BCUT2D eigenvalue weighted by molar-refractivity contribution is -0.164.